The van der Waals surface area contributed by atoms with E-state index in [1.165, 1.54) is 24.3 Å². The molecule has 29 heavy (non-hydrogen) atoms. The lowest BCUT2D eigenvalue weighted by Gasteiger charge is -2.12. The second-order valence-electron chi connectivity index (χ2n) is 6.41. The van der Waals surface area contributed by atoms with Gasteiger partial charge in [0.05, 0.1) is 0 Å². The minimum Gasteiger partial charge on any atom is -0.488 e. The van der Waals surface area contributed by atoms with Crippen LogP contribution < -0.4 is 10.1 Å². The summed E-state index contributed by atoms with van der Waals surface area (Å²) in [7, 11) is 0. The van der Waals surface area contributed by atoms with Gasteiger partial charge in [0.25, 0.3) is 5.91 Å². The monoisotopic (exact) mass is 393 g/mol. The van der Waals surface area contributed by atoms with E-state index in [-0.39, 0.29) is 5.56 Å². The van der Waals surface area contributed by atoms with Gasteiger partial charge in [-0.3, -0.25) is 4.79 Å². The molecule has 0 aliphatic rings. The second kappa shape index (κ2) is 9.50. The highest BCUT2D eigenvalue weighted by Gasteiger charge is 2.15. The number of para-hydroxylation sites is 1. The van der Waals surface area contributed by atoms with E-state index in [0.717, 1.165) is 11.1 Å². The van der Waals surface area contributed by atoms with Crippen LogP contribution in [0.2, 0.25) is 0 Å². The summed E-state index contributed by atoms with van der Waals surface area (Å²) in [5, 5.41) is 2.53. The largest absolute Gasteiger partial charge is 0.488 e. The molecular weight excluding hydrogens is 373 g/mol. The Labute approximate surface area is 168 Å². The zero-order valence-corrected chi connectivity index (χ0v) is 15.9. The van der Waals surface area contributed by atoms with Crippen molar-refractivity contribution >= 4 is 17.6 Å². The van der Waals surface area contributed by atoms with Crippen LogP contribution in [-0.2, 0) is 16.1 Å². The molecule has 0 saturated heterocycles. The van der Waals surface area contributed by atoms with Gasteiger partial charge >= 0.3 is 5.97 Å². The van der Waals surface area contributed by atoms with Crippen molar-refractivity contribution in [2.45, 2.75) is 13.5 Å². The number of rotatable bonds is 7. The average molecular weight is 393 g/mol. The number of benzene rings is 3. The van der Waals surface area contributed by atoms with E-state index in [0.29, 0.717) is 18.0 Å². The molecular formula is C23H20FNO4. The Hall–Kier alpha value is -3.67. The van der Waals surface area contributed by atoms with Crippen LogP contribution in [0.25, 0.3) is 0 Å². The minimum absolute atomic E-state index is 0.231. The number of anilines is 1. The number of carbonyl (C=O) groups is 2. The first-order chi connectivity index (χ1) is 14.0. The average Bonchev–Trinajstić information content (AvgIpc) is 2.72. The molecule has 0 atom stereocenters. The van der Waals surface area contributed by atoms with Crippen molar-refractivity contribution in [3.63, 3.8) is 0 Å². The Bertz CT molecular complexity index is 1000. The van der Waals surface area contributed by atoms with Gasteiger partial charge in [0.15, 0.2) is 6.61 Å². The molecule has 148 valence electrons. The van der Waals surface area contributed by atoms with Crippen molar-refractivity contribution in [3.05, 3.63) is 95.3 Å². The zero-order chi connectivity index (χ0) is 20.6. The molecule has 0 fully saturated rings. The molecule has 1 N–H and O–H groups in total. The molecule has 0 radical (unpaired) electrons. The van der Waals surface area contributed by atoms with Gasteiger partial charge in [0.2, 0.25) is 0 Å². The molecule has 3 rings (SSSR count). The molecule has 0 aliphatic heterocycles. The molecule has 3 aromatic rings. The highest BCUT2D eigenvalue weighted by atomic mass is 19.1. The summed E-state index contributed by atoms with van der Waals surface area (Å²) < 4.78 is 23.8. The van der Waals surface area contributed by atoms with E-state index in [1.807, 2.05) is 31.2 Å². The molecule has 3 aromatic carbocycles. The van der Waals surface area contributed by atoms with Crippen LogP contribution in [0.4, 0.5) is 10.1 Å². The number of amides is 1. The van der Waals surface area contributed by atoms with Gasteiger partial charge < -0.3 is 14.8 Å². The Morgan fingerprint density at radius 1 is 0.966 bits per heavy atom. The number of aryl methyl sites for hydroxylation is 1. The minimum atomic E-state index is -0.668. The van der Waals surface area contributed by atoms with Crippen molar-refractivity contribution in [2.24, 2.45) is 0 Å². The Balaban J connectivity index is 1.57. The van der Waals surface area contributed by atoms with Gasteiger partial charge in [-0.1, -0.05) is 42.0 Å². The third kappa shape index (κ3) is 5.90. The maximum atomic E-state index is 12.9. The second-order valence-corrected chi connectivity index (χ2v) is 6.41. The number of ether oxygens (including phenoxy) is 2. The predicted molar refractivity (Wildman–Crippen MR) is 107 cm³/mol. The summed E-state index contributed by atoms with van der Waals surface area (Å²) in [6, 6.07) is 19.9. The maximum Gasteiger partial charge on any atom is 0.342 e. The summed E-state index contributed by atoms with van der Waals surface area (Å²) in [5.41, 5.74) is 2.74. The number of nitrogens with one attached hydrogen (secondary N) is 1. The first-order valence-electron chi connectivity index (χ1n) is 9.01. The smallest absolute Gasteiger partial charge is 0.342 e. The molecule has 0 bridgehead atoms. The Morgan fingerprint density at radius 3 is 2.48 bits per heavy atom. The number of esters is 1. The van der Waals surface area contributed by atoms with Crippen LogP contribution in [0, 0.1) is 12.7 Å². The fraction of sp³-hybridized carbons (Fsp3) is 0.130. The van der Waals surface area contributed by atoms with Crippen LogP contribution in [0.1, 0.15) is 21.5 Å². The molecule has 5 nitrogen and oxygen atoms in total. The zero-order valence-electron chi connectivity index (χ0n) is 15.9. The van der Waals surface area contributed by atoms with E-state index in [2.05, 4.69) is 5.32 Å². The standard InChI is InChI=1S/C23H20FNO4/c1-16-5-4-6-17(13-16)14-28-21-8-3-2-7-20(21)23(27)29-15-22(26)25-19-11-9-18(24)10-12-19/h2-13H,14-15H2,1H3,(H,25,26). The molecule has 0 aliphatic carbocycles. The molecule has 0 saturated carbocycles. The lowest BCUT2D eigenvalue weighted by molar-refractivity contribution is -0.119. The molecule has 1 amide bonds. The number of hydrogen-bond donors (Lipinski definition) is 1. The van der Waals surface area contributed by atoms with E-state index < -0.39 is 24.3 Å². The van der Waals surface area contributed by atoms with Crippen LogP contribution in [0.3, 0.4) is 0 Å². The topological polar surface area (TPSA) is 64.6 Å². The molecule has 0 spiro atoms. The molecule has 0 aromatic heterocycles. The third-order valence-corrected chi connectivity index (χ3v) is 4.05. The third-order valence-electron chi connectivity index (χ3n) is 4.05. The number of hydrogen-bond acceptors (Lipinski definition) is 4. The predicted octanol–water partition coefficient (Wildman–Crippen LogP) is 4.51. The first kappa shape index (κ1) is 20.1. The van der Waals surface area contributed by atoms with Gasteiger partial charge in [-0.15, -0.1) is 0 Å². The van der Waals surface area contributed by atoms with Crippen molar-refractivity contribution in [1.29, 1.82) is 0 Å². The summed E-state index contributed by atoms with van der Waals surface area (Å²) in [4.78, 5) is 24.3. The van der Waals surface area contributed by atoms with Gasteiger partial charge in [-0.25, -0.2) is 9.18 Å². The highest BCUT2D eigenvalue weighted by molar-refractivity contribution is 5.96. The maximum absolute atomic E-state index is 12.9. The van der Waals surface area contributed by atoms with Gasteiger partial charge in [-0.05, 0) is 48.9 Å². The normalized spacial score (nSPS) is 10.3. The summed E-state index contributed by atoms with van der Waals surface area (Å²) >= 11 is 0. The fourth-order valence-electron chi connectivity index (χ4n) is 2.66. The lowest BCUT2D eigenvalue weighted by atomic mass is 10.1. The van der Waals surface area contributed by atoms with Crippen LogP contribution >= 0.6 is 0 Å². The highest BCUT2D eigenvalue weighted by Crippen LogP contribution is 2.20. The van der Waals surface area contributed by atoms with Crippen LogP contribution in [-0.4, -0.2) is 18.5 Å². The molecule has 0 unspecified atom stereocenters. The van der Waals surface area contributed by atoms with Gasteiger partial charge in [0.1, 0.15) is 23.7 Å². The van der Waals surface area contributed by atoms with Crippen molar-refractivity contribution in [2.75, 3.05) is 11.9 Å². The molecule has 0 heterocycles. The summed E-state index contributed by atoms with van der Waals surface area (Å²) in [6.45, 7) is 1.82. The fourth-order valence-corrected chi connectivity index (χ4v) is 2.66. The number of halogens is 1. The van der Waals surface area contributed by atoms with E-state index in [1.54, 1.807) is 24.3 Å². The Morgan fingerprint density at radius 2 is 1.72 bits per heavy atom. The van der Waals surface area contributed by atoms with E-state index >= 15 is 0 Å². The summed E-state index contributed by atoms with van der Waals surface area (Å²) in [6.07, 6.45) is 0. The Kier molecular flexibility index (Phi) is 6.58. The van der Waals surface area contributed by atoms with Crippen molar-refractivity contribution in [1.82, 2.24) is 0 Å². The van der Waals surface area contributed by atoms with Crippen molar-refractivity contribution in [3.8, 4) is 5.75 Å². The van der Waals surface area contributed by atoms with Crippen molar-refractivity contribution < 1.29 is 23.5 Å². The van der Waals surface area contributed by atoms with Gasteiger partial charge in [-0.2, -0.15) is 0 Å². The lowest BCUT2D eigenvalue weighted by Crippen LogP contribution is -2.21. The molecule has 6 heteroatoms. The van der Waals surface area contributed by atoms with Crippen LogP contribution in [0.15, 0.2) is 72.8 Å². The number of carbonyl (C=O) groups excluding carboxylic acids is 2. The van der Waals surface area contributed by atoms with Crippen LogP contribution in [0.5, 0.6) is 5.75 Å². The van der Waals surface area contributed by atoms with E-state index in [4.69, 9.17) is 9.47 Å². The van der Waals surface area contributed by atoms with Gasteiger partial charge in [0, 0.05) is 5.69 Å². The first-order valence-corrected chi connectivity index (χ1v) is 9.01. The summed E-state index contributed by atoms with van der Waals surface area (Å²) in [5.74, 6) is -1.23. The quantitative estimate of drug-likeness (QED) is 0.600. The SMILES string of the molecule is Cc1cccc(COc2ccccc2C(=O)OCC(=O)Nc2ccc(F)cc2)c1. The van der Waals surface area contributed by atoms with E-state index in [9.17, 15) is 14.0 Å².